The number of hydrogen-bond donors (Lipinski definition) is 2. The topological polar surface area (TPSA) is 122 Å². The third-order valence-corrected chi connectivity index (χ3v) is 18.8. The van der Waals surface area contributed by atoms with Crippen LogP contribution >= 0.6 is 11.8 Å². The summed E-state index contributed by atoms with van der Waals surface area (Å²) >= 11 is 1.43. The van der Waals surface area contributed by atoms with Gasteiger partial charge in [-0.1, -0.05) is 118 Å². The highest BCUT2D eigenvalue weighted by Gasteiger charge is 2.50. The number of hydrogen-bond acceptors (Lipinski definition) is 9. The summed E-state index contributed by atoms with van der Waals surface area (Å²) in [7, 11) is -11.7. The van der Waals surface area contributed by atoms with Crippen LogP contribution in [0.25, 0.3) is 0 Å². The molecule has 0 radical (unpaired) electrons. The number of nitrogens with zero attached hydrogens (tertiary/aromatic N) is 1. The van der Waals surface area contributed by atoms with E-state index in [0.29, 0.717) is 37.9 Å². The fourth-order valence-corrected chi connectivity index (χ4v) is 14.3. The molecule has 0 heterocycles. The number of rotatable bonds is 18. The molecule has 0 spiro atoms. The summed E-state index contributed by atoms with van der Waals surface area (Å²) in [5.74, 6) is -0.707. The molecule has 0 bridgehead atoms. The number of anilines is 1. The molecule has 0 aromatic heterocycles. The van der Waals surface area contributed by atoms with Crippen molar-refractivity contribution in [3.05, 3.63) is 145 Å². The van der Waals surface area contributed by atoms with E-state index < -0.39 is 61.1 Å². The molecule has 0 saturated carbocycles. The minimum Gasteiger partial charge on any atom is -0.406 e. The van der Waals surface area contributed by atoms with Crippen LogP contribution in [0.2, 0.25) is 5.04 Å². The molecule has 5 rings (SSSR count). The Kier molecular flexibility index (Phi) is 14.9. The second-order valence-corrected chi connectivity index (χ2v) is 24.0. The van der Waals surface area contributed by atoms with Gasteiger partial charge in [0.2, 0.25) is 0 Å². The number of benzene rings is 5. The molecule has 0 fully saturated rings. The van der Waals surface area contributed by atoms with Gasteiger partial charge in [-0.3, -0.25) is 4.79 Å². The number of carbonyl (C=O) groups excluding carboxylic acids is 1. The highest BCUT2D eigenvalue weighted by Crippen LogP contribution is 2.38. The minimum absolute atomic E-state index is 0.0178. The van der Waals surface area contributed by atoms with E-state index in [2.05, 4.69) is 55.3 Å². The standard InChI is InChI=1S/C43H48F3N3O6S3Si/c1-42(2,3)59(37-21-13-7-14-22-37,38-23-15-8-16-24-38)55-30-29-49(4)28-27-34(32-56-35-19-11-6-12-20-35)47-39-26-25-36(31-40(39)57(51,52)43(44,45)46)58(53,54)48-41(50)33-17-9-5-10-18-33/h5-26,31,34,47H,27-30,32H2,1-4H3,(H,48,50)/t34-/m1/s1. The number of sulfone groups is 1. The molecule has 314 valence electrons. The maximum Gasteiger partial charge on any atom is 0.501 e. The van der Waals surface area contributed by atoms with Gasteiger partial charge in [-0.2, -0.15) is 13.2 Å². The van der Waals surface area contributed by atoms with Crippen molar-refractivity contribution in [2.45, 2.75) is 58.5 Å². The molecule has 5 aromatic rings. The van der Waals surface area contributed by atoms with E-state index in [-0.39, 0.29) is 10.6 Å². The summed E-state index contributed by atoms with van der Waals surface area (Å²) in [5.41, 5.74) is -6.19. The van der Waals surface area contributed by atoms with Gasteiger partial charge >= 0.3 is 5.51 Å². The zero-order valence-electron chi connectivity index (χ0n) is 33.1. The molecule has 1 atom stereocenters. The molecule has 0 aliphatic heterocycles. The number of carbonyl (C=O) groups is 1. The minimum atomic E-state index is -6.07. The zero-order chi connectivity index (χ0) is 42.9. The first-order valence-corrected chi connectivity index (χ1v) is 24.7. The van der Waals surface area contributed by atoms with Crippen molar-refractivity contribution in [2.75, 3.05) is 37.8 Å². The number of amides is 1. The second-order valence-electron chi connectivity index (χ2n) is 15.0. The normalized spacial score (nSPS) is 13.2. The van der Waals surface area contributed by atoms with Gasteiger partial charge in [-0.05, 0) is 77.9 Å². The number of sulfonamides is 1. The lowest BCUT2D eigenvalue weighted by Gasteiger charge is -2.43. The highest BCUT2D eigenvalue weighted by molar-refractivity contribution is 7.99. The largest absolute Gasteiger partial charge is 0.501 e. The molecule has 0 saturated heterocycles. The molecule has 5 aromatic carbocycles. The van der Waals surface area contributed by atoms with E-state index in [0.717, 1.165) is 27.4 Å². The molecule has 0 aliphatic carbocycles. The van der Waals surface area contributed by atoms with Crippen LogP contribution in [0.15, 0.2) is 154 Å². The number of likely N-dealkylation sites (N-methyl/N-ethyl adjacent to an activating group) is 1. The Hall–Kier alpha value is -4.45. The van der Waals surface area contributed by atoms with Crippen LogP contribution < -0.4 is 20.4 Å². The van der Waals surface area contributed by atoms with Gasteiger partial charge in [0.15, 0.2) is 0 Å². The monoisotopic (exact) mass is 883 g/mol. The van der Waals surface area contributed by atoms with Crippen LogP contribution in [-0.2, 0) is 24.3 Å². The third-order valence-electron chi connectivity index (χ3n) is 9.74. The Bertz CT molecular complexity index is 2330. The Labute approximate surface area is 350 Å². The highest BCUT2D eigenvalue weighted by atomic mass is 32.2. The van der Waals surface area contributed by atoms with Gasteiger partial charge in [-0.15, -0.1) is 11.8 Å². The van der Waals surface area contributed by atoms with Crippen molar-refractivity contribution in [2.24, 2.45) is 0 Å². The molecule has 0 unspecified atom stereocenters. The van der Waals surface area contributed by atoms with Crippen LogP contribution in [0, 0.1) is 0 Å². The average Bonchev–Trinajstić information content (AvgIpc) is 3.21. The summed E-state index contributed by atoms with van der Waals surface area (Å²) in [6.45, 7) is 7.96. The second kappa shape index (κ2) is 19.3. The van der Waals surface area contributed by atoms with E-state index in [1.165, 1.54) is 36.0 Å². The Morgan fingerprint density at radius 3 is 1.81 bits per heavy atom. The molecule has 16 heteroatoms. The lowest BCUT2D eigenvalue weighted by atomic mass is 10.2. The number of alkyl halides is 3. The summed E-state index contributed by atoms with van der Waals surface area (Å²) in [6.07, 6.45) is 0.369. The van der Waals surface area contributed by atoms with Gasteiger partial charge in [-0.25, -0.2) is 21.6 Å². The van der Waals surface area contributed by atoms with Crippen molar-refractivity contribution in [1.29, 1.82) is 0 Å². The predicted octanol–water partition coefficient (Wildman–Crippen LogP) is 7.57. The average molecular weight is 884 g/mol. The quantitative estimate of drug-likeness (QED) is 0.0679. The molecule has 9 nitrogen and oxygen atoms in total. The van der Waals surface area contributed by atoms with E-state index in [1.54, 1.807) is 6.07 Å². The molecule has 59 heavy (non-hydrogen) atoms. The lowest BCUT2D eigenvalue weighted by molar-refractivity contribution is -0.0435. The number of nitrogens with one attached hydrogen (secondary N) is 2. The summed E-state index contributed by atoms with van der Waals surface area (Å²) in [6, 6.07) is 39.0. The van der Waals surface area contributed by atoms with E-state index in [9.17, 15) is 34.8 Å². The first-order valence-electron chi connectivity index (χ1n) is 18.8. The van der Waals surface area contributed by atoms with E-state index in [4.69, 9.17) is 4.43 Å². The van der Waals surface area contributed by atoms with E-state index in [1.807, 2.05) is 78.5 Å². The van der Waals surface area contributed by atoms with Gasteiger partial charge in [0, 0.05) is 35.4 Å². The van der Waals surface area contributed by atoms with Crippen LogP contribution in [0.3, 0.4) is 0 Å². The third kappa shape index (κ3) is 11.2. The van der Waals surface area contributed by atoms with Gasteiger partial charge in [0.1, 0.15) is 4.90 Å². The van der Waals surface area contributed by atoms with Crippen LogP contribution in [0.1, 0.15) is 37.6 Å². The van der Waals surface area contributed by atoms with Crippen molar-refractivity contribution in [1.82, 2.24) is 9.62 Å². The number of thioether (sulfide) groups is 1. The van der Waals surface area contributed by atoms with E-state index >= 15 is 0 Å². The molecule has 2 N–H and O–H groups in total. The van der Waals surface area contributed by atoms with Crippen LogP contribution in [0.4, 0.5) is 18.9 Å². The van der Waals surface area contributed by atoms with Crippen LogP contribution in [0.5, 0.6) is 0 Å². The summed E-state index contributed by atoms with van der Waals surface area (Å²) in [4.78, 5) is 13.5. The maximum absolute atomic E-state index is 14.2. The first kappa shape index (κ1) is 45.6. The summed E-state index contributed by atoms with van der Waals surface area (Å²) < 4.78 is 104. The molecule has 0 aliphatic rings. The van der Waals surface area contributed by atoms with Crippen molar-refractivity contribution < 1.29 is 39.2 Å². The Balaban J connectivity index is 1.39. The van der Waals surface area contributed by atoms with Crippen molar-refractivity contribution in [3.8, 4) is 0 Å². The molecular weight excluding hydrogens is 836 g/mol. The van der Waals surface area contributed by atoms with Gasteiger partial charge < -0.3 is 14.6 Å². The SMILES string of the molecule is CN(CCO[Si](c1ccccc1)(c1ccccc1)C(C)(C)C)CC[C@H](CSc1ccccc1)Nc1ccc(S(=O)(=O)NC(=O)c2ccccc2)cc1S(=O)(=O)C(F)(F)F. The number of halogens is 3. The fourth-order valence-electron chi connectivity index (χ4n) is 6.70. The molecular formula is C43H48F3N3O6S3Si. The fraction of sp³-hybridized carbons (Fsp3) is 0.279. The molecule has 1 amide bonds. The predicted molar refractivity (Wildman–Crippen MR) is 231 cm³/mol. The van der Waals surface area contributed by atoms with Gasteiger partial charge in [0.25, 0.3) is 34.1 Å². The Morgan fingerprint density at radius 2 is 1.29 bits per heavy atom. The maximum atomic E-state index is 14.2. The van der Waals surface area contributed by atoms with Crippen molar-refractivity contribution >= 4 is 61.9 Å². The van der Waals surface area contributed by atoms with Gasteiger partial charge in [0.05, 0.1) is 10.6 Å². The first-order chi connectivity index (χ1) is 27.8. The lowest BCUT2D eigenvalue weighted by Crippen LogP contribution is -2.67. The zero-order valence-corrected chi connectivity index (χ0v) is 36.6. The van der Waals surface area contributed by atoms with Crippen LogP contribution in [-0.4, -0.2) is 80.0 Å². The smallest absolute Gasteiger partial charge is 0.406 e. The Morgan fingerprint density at radius 1 is 0.763 bits per heavy atom. The van der Waals surface area contributed by atoms with Crippen molar-refractivity contribution in [3.63, 3.8) is 0 Å². The summed E-state index contributed by atoms with van der Waals surface area (Å²) in [5, 5.41) is 5.07.